The molecule has 0 aromatic carbocycles. The van der Waals surface area contributed by atoms with Crippen molar-refractivity contribution in [2.45, 2.75) is 156 Å². The van der Waals surface area contributed by atoms with Crippen molar-refractivity contribution in [3.63, 3.8) is 0 Å². The third-order valence-electron chi connectivity index (χ3n) is 14.8. The summed E-state index contributed by atoms with van der Waals surface area (Å²) in [6, 6.07) is -0.692. The summed E-state index contributed by atoms with van der Waals surface area (Å²) in [6.45, 7) is 18.6. The number of esters is 1. The lowest BCUT2D eigenvalue weighted by molar-refractivity contribution is -0.210. The number of rotatable bonds is 5. The summed E-state index contributed by atoms with van der Waals surface area (Å²) in [5.41, 5.74) is 4.02. The van der Waals surface area contributed by atoms with Gasteiger partial charge < -0.3 is 25.4 Å². The smallest absolute Gasteiger partial charge is 0.323 e. The lowest BCUT2D eigenvalue weighted by atomic mass is 9.41. The first-order chi connectivity index (χ1) is 19.2. The van der Waals surface area contributed by atoms with Crippen molar-refractivity contribution in [1.29, 1.82) is 0 Å². The molecule has 0 aromatic heterocycles. The van der Waals surface area contributed by atoms with E-state index in [1.165, 1.54) is 0 Å². The molecule has 0 radical (unpaired) electrons. The highest BCUT2D eigenvalue weighted by Gasteiger charge is 2.85. The van der Waals surface area contributed by atoms with E-state index in [0.29, 0.717) is 12.8 Å². The van der Waals surface area contributed by atoms with E-state index in [1.807, 2.05) is 27.7 Å². The summed E-state index contributed by atoms with van der Waals surface area (Å²) in [5, 5.41) is 22.7. The summed E-state index contributed by atoms with van der Waals surface area (Å²) >= 11 is 0. The van der Waals surface area contributed by atoms with Crippen molar-refractivity contribution in [2.24, 2.45) is 56.5 Å². The van der Waals surface area contributed by atoms with Crippen LogP contribution in [-0.4, -0.2) is 57.5 Å². The van der Waals surface area contributed by atoms with Gasteiger partial charge >= 0.3 is 5.97 Å². The van der Waals surface area contributed by atoms with Gasteiger partial charge in [0.2, 0.25) is 0 Å². The molecule has 6 rings (SSSR count). The first-order valence-electron chi connectivity index (χ1n) is 16.8. The number of ketones is 1. The molecule has 0 aromatic rings. The van der Waals surface area contributed by atoms with E-state index < -0.39 is 28.8 Å². The fraction of sp³-hybridized carbons (Fsp3) is 0.943. The fourth-order valence-corrected chi connectivity index (χ4v) is 12.5. The van der Waals surface area contributed by atoms with E-state index in [4.69, 9.17) is 15.2 Å². The summed E-state index contributed by atoms with van der Waals surface area (Å²) in [5.74, 6) is 0.105. The molecule has 0 amide bonds. The topological polar surface area (TPSA) is 119 Å². The zero-order valence-corrected chi connectivity index (χ0v) is 27.6. The number of Topliss-reactive ketones (excluding diaryl/α,β-unsaturated/α-hetero) is 1. The van der Waals surface area contributed by atoms with Crippen molar-refractivity contribution < 1.29 is 29.3 Å². The predicted molar refractivity (Wildman–Crippen MR) is 160 cm³/mol. The normalized spacial score (nSPS) is 51.8. The zero-order valence-electron chi connectivity index (χ0n) is 27.6. The van der Waals surface area contributed by atoms with Gasteiger partial charge in [0.25, 0.3) is 0 Å². The lowest BCUT2D eigenvalue weighted by Crippen LogP contribution is -2.62. The highest BCUT2D eigenvalue weighted by atomic mass is 16.5. The standard InChI is InChI=1S/C35H57NO6/c1-19(2)25(36)28(39)41-21-16-22-32(8)17-20(37)26(33(9)12-11-24(42-33)30(5,6)40)31(32,7)14-15-34(22)18-35(34)13-10-23(38)29(3,4)27(21)35/h19-22,24-27,37,40H,10-18,36H2,1-9H3/t20-,21-,22?,24-,25-,26-,27-,31+,32-,33+,34-,35+/m0/s1. The van der Waals surface area contributed by atoms with Crippen LogP contribution in [0, 0.1) is 50.7 Å². The Bertz CT molecular complexity index is 1160. The van der Waals surface area contributed by atoms with E-state index in [-0.39, 0.29) is 69.3 Å². The monoisotopic (exact) mass is 587 g/mol. The summed E-state index contributed by atoms with van der Waals surface area (Å²) in [4.78, 5) is 26.8. The van der Waals surface area contributed by atoms with Crippen LogP contribution >= 0.6 is 0 Å². The average molecular weight is 588 g/mol. The molecule has 42 heavy (non-hydrogen) atoms. The molecule has 1 unspecified atom stereocenters. The van der Waals surface area contributed by atoms with Crippen LogP contribution in [0.1, 0.15) is 120 Å². The molecule has 7 heteroatoms. The van der Waals surface area contributed by atoms with Crippen LogP contribution in [-0.2, 0) is 19.1 Å². The van der Waals surface area contributed by atoms with E-state index in [2.05, 4.69) is 34.6 Å². The van der Waals surface area contributed by atoms with E-state index in [9.17, 15) is 19.8 Å². The Morgan fingerprint density at radius 3 is 2.29 bits per heavy atom. The quantitative estimate of drug-likeness (QED) is 0.379. The summed E-state index contributed by atoms with van der Waals surface area (Å²) in [7, 11) is 0. The molecule has 7 nitrogen and oxygen atoms in total. The Balaban J connectivity index is 1.39. The minimum absolute atomic E-state index is 0.0101. The van der Waals surface area contributed by atoms with Crippen LogP contribution in [0.5, 0.6) is 0 Å². The fourth-order valence-electron chi connectivity index (χ4n) is 12.5. The van der Waals surface area contributed by atoms with Gasteiger partial charge in [-0.05, 0) is 106 Å². The first kappa shape index (κ1) is 31.0. The highest BCUT2D eigenvalue weighted by molar-refractivity contribution is 5.86. The number of carbonyl (C=O) groups excluding carboxylic acids is 2. The Kier molecular flexibility index (Phi) is 6.67. The molecule has 12 atom stereocenters. The third-order valence-corrected chi connectivity index (χ3v) is 14.8. The van der Waals surface area contributed by atoms with Crippen LogP contribution in [0.25, 0.3) is 0 Å². The van der Waals surface area contributed by atoms with Gasteiger partial charge in [0.05, 0.1) is 23.4 Å². The maximum atomic E-state index is 13.4. The molecule has 0 bridgehead atoms. The summed E-state index contributed by atoms with van der Waals surface area (Å²) < 4.78 is 13.1. The molecule has 1 aliphatic heterocycles. The number of nitrogens with two attached hydrogens (primary N) is 1. The Morgan fingerprint density at radius 2 is 1.69 bits per heavy atom. The van der Waals surface area contributed by atoms with Crippen LogP contribution in [0.2, 0.25) is 0 Å². The second-order valence-corrected chi connectivity index (χ2v) is 17.8. The molecule has 6 aliphatic rings. The number of hydrogen-bond donors (Lipinski definition) is 3. The predicted octanol–water partition coefficient (Wildman–Crippen LogP) is 5.18. The summed E-state index contributed by atoms with van der Waals surface area (Å²) in [6.07, 6.45) is 6.52. The second-order valence-electron chi connectivity index (χ2n) is 17.8. The molecule has 1 heterocycles. The maximum Gasteiger partial charge on any atom is 0.323 e. The van der Waals surface area contributed by atoms with E-state index in [0.717, 1.165) is 44.9 Å². The Morgan fingerprint density at radius 1 is 1.02 bits per heavy atom. The van der Waals surface area contributed by atoms with Gasteiger partial charge in [-0.15, -0.1) is 0 Å². The van der Waals surface area contributed by atoms with Gasteiger partial charge in [0.15, 0.2) is 0 Å². The molecule has 6 fully saturated rings. The number of carbonyl (C=O) groups is 2. The number of hydrogen-bond acceptors (Lipinski definition) is 7. The van der Waals surface area contributed by atoms with Crippen LogP contribution in [0.3, 0.4) is 0 Å². The Hall–Kier alpha value is -1.02. The Labute approximate surface area is 253 Å². The molecule has 2 spiro atoms. The molecule has 1 saturated heterocycles. The third kappa shape index (κ3) is 3.78. The minimum Gasteiger partial charge on any atom is -0.461 e. The van der Waals surface area contributed by atoms with Gasteiger partial charge in [0, 0.05) is 23.7 Å². The molecule has 238 valence electrons. The van der Waals surface area contributed by atoms with Gasteiger partial charge in [0.1, 0.15) is 17.9 Å². The van der Waals surface area contributed by atoms with Gasteiger partial charge in [-0.25, -0.2) is 0 Å². The van der Waals surface area contributed by atoms with Crippen molar-refractivity contribution in [1.82, 2.24) is 0 Å². The van der Waals surface area contributed by atoms with Crippen molar-refractivity contribution in [3.8, 4) is 0 Å². The van der Waals surface area contributed by atoms with Crippen LogP contribution in [0.15, 0.2) is 0 Å². The number of fused-ring (bicyclic) bond motifs is 2. The molecular weight excluding hydrogens is 530 g/mol. The highest BCUT2D eigenvalue weighted by Crippen LogP contribution is 2.89. The van der Waals surface area contributed by atoms with Crippen molar-refractivity contribution in [3.05, 3.63) is 0 Å². The van der Waals surface area contributed by atoms with Crippen molar-refractivity contribution >= 4 is 11.8 Å². The number of aliphatic hydroxyl groups excluding tert-OH is 1. The zero-order chi connectivity index (χ0) is 31.1. The largest absolute Gasteiger partial charge is 0.461 e. The van der Waals surface area contributed by atoms with E-state index >= 15 is 0 Å². The van der Waals surface area contributed by atoms with Crippen molar-refractivity contribution in [2.75, 3.05) is 0 Å². The van der Waals surface area contributed by atoms with Gasteiger partial charge in [-0.1, -0.05) is 41.5 Å². The van der Waals surface area contributed by atoms with Gasteiger partial charge in [-0.2, -0.15) is 0 Å². The SMILES string of the molecule is CC(C)[C@H](N)C(=O)O[C@H]1CC2[C@]3(CC[C@]4(C)[C@@H]([C@@]5(C)CC[C@@H](C(C)(C)O)O5)[C@@H](O)C[C@@]24C)C[C@@]32CCC(=O)C(C)(C)[C@H]12. The molecule has 4 N–H and O–H groups in total. The lowest BCUT2D eigenvalue weighted by Gasteiger charge is -2.64. The number of aliphatic hydroxyl groups is 2. The molecule has 5 saturated carbocycles. The second kappa shape index (κ2) is 9.04. The first-order valence-corrected chi connectivity index (χ1v) is 16.8. The van der Waals surface area contributed by atoms with Gasteiger partial charge in [-0.3, -0.25) is 9.59 Å². The minimum atomic E-state index is -0.930. The number of ether oxygens (including phenoxy) is 2. The molecular formula is C35H57NO6. The van der Waals surface area contributed by atoms with E-state index in [1.54, 1.807) is 0 Å². The average Bonchev–Trinajstić information content (AvgIpc) is 3.24. The van der Waals surface area contributed by atoms with Crippen LogP contribution < -0.4 is 5.73 Å². The van der Waals surface area contributed by atoms with Crippen LogP contribution in [0.4, 0.5) is 0 Å². The molecule has 5 aliphatic carbocycles. The maximum absolute atomic E-state index is 13.4.